The van der Waals surface area contributed by atoms with Crippen LogP contribution >= 0.6 is 0 Å². The minimum atomic E-state index is -4.20. The van der Waals surface area contributed by atoms with Gasteiger partial charge < -0.3 is 10.2 Å². The van der Waals surface area contributed by atoms with Gasteiger partial charge in [0.05, 0.1) is 5.69 Å². The van der Waals surface area contributed by atoms with E-state index in [1.165, 1.54) is 37.2 Å². The normalized spacial score (nSPS) is 12.5. The molecule has 0 radical (unpaired) electrons. The number of carbonyl (C=O) groups excluding carboxylic acids is 2. The minimum Gasteiger partial charge on any atom is -0.354 e. The van der Waals surface area contributed by atoms with Gasteiger partial charge in [0.25, 0.3) is 0 Å². The number of hydrogen-bond acceptors (Lipinski definition) is 4. The molecule has 0 aliphatic heterocycles. The van der Waals surface area contributed by atoms with Crippen molar-refractivity contribution >= 4 is 27.7 Å². The molecule has 0 saturated carbocycles. The summed E-state index contributed by atoms with van der Waals surface area (Å²) in [5, 5.41) is 2.81. The lowest BCUT2D eigenvalue weighted by molar-refractivity contribution is -0.139. The van der Waals surface area contributed by atoms with Gasteiger partial charge in [-0.3, -0.25) is 9.59 Å². The molecule has 0 aliphatic carbocycles. The van der Waals surface area contributed by atoms with E-state index in [0.717, 1.165) is 20.2 Å². The maximum Gasteiger partial charge on any atom is 0.304 e. The average Bonchev–Trinajstić information content (AvgIpc) is 2.79. The van der Waals surface area contributed by atoms with Crippen LogP contribution in [0.15, 0.2) is 54.6 Å². The van der Waals surface area contributed by atoms with Gasteiger partial charge >= 0.3 is 10.2 Å². The highest BCUT2D eigenvalue weighted by atomic mass is 32.2. The van der Waals surface area contributed by atoms with Crippen LogP contribution < -0.4 is 9.62 Å². The molecule has 10 heteroatoms. The van der Waals surface area contributed by atoms with Gasteiger partial charge in [0, 0.05) is 27.2 Å². The second-order valence-electron chi connectivity index (χ2n) is 8.57. The first-order chi connectivity index (χ1) is 15.9. The van der Waals surface area contributed by atoms with E-state index in [2.05, 4.69) is 5.32 Å². The van der Waals surface area contributed by atoms with Gasteiger partial charge in [-0.15, -0.1) is 0 Å². The van der Waals surface area contributed by atoms with E-state index < -0.39 is 34.5 Å². The molecule has 0 fully saturated rings. The molecule has 1 N–H and O–H groups in total. The van der Waals surface area contributed by atoms with Gasteiger partial charge in [0.1, 0.15) is 18.4 Å². The molecule has 0 saturated heterocycles. The van der Waals surface area contributed by atoms with Crippen molar-refractivity contribution in [2.75, 3.05) is 31.5 Å². The van der Waals surface area contributed by atoms with Crippen molar-refractivity contribution in [1.29, 1.82) is 0 Å². The van der Waals surface area contributed by atoms with Crippen molar-refractivity contribution in [3.05, 3.63) is 66.0 Å². The van der Waals surface area contributed by atoms with Crippen LogP contribution in [0.5, 0.6) is 0 Å². The molecule has 1 atom stereocenters. The van der Waals surface area contributed by atoms with E-state index in [1.807, 2.05) is 44.2 Å². The lowest BCUT2D eigenvalue weighted by Gasteiger charge is -2.33. The quantitative estimate of drug-likeness (QED) is 0.522. The summed E-state index contributed by atoms with van der Waals surface area (Å²) in [5.41, 5.74) is 0.522. The van der Waals surface area contributed by atoms with Crippen LogP contribution in [-0.4, -0.2) is 62.7 Å². The summed E-state index contributed by atoms with van der Waals surface area (Å²) in [7, 11) is -1.60. The van der Waals surface area contributed by atoms with Crippen molar-refractivity contribution in [3.8, 4) is 0 Å². The third-order valence-electron chi connectivity index (χ3n) is 5.19. The second-order valence-corrected chi connectivity index (χ2v) is 10.6. The molecular formula is C24H33FN4O4S. The number of nitrogens with one attached hydrogen (secondary N) is 1. The molecule has 0 aromatic heterocycles. The number of nitrogens with zero attached hydrogens (tertiary/aromatic N) is 3. The number of benzene rings is 2. The summed E-state index contributed by atoms with van der Waals surface area (Å²) in [6.45, 7) is 5.35. The summed E-state index contributed by atoms with van der Waals surface area (Å²) in [5.74, 6) is -1.55. The van der Waals surface area contributed by atoms with Crippen LogP contribution in [-0.2, 0) is 26.3 Å². The molecule has 2 aromatic carbocycles. The SMILES string of the molecule is CC(C)CNC(=O)[C@H](C)N(Cc1ccccc1)C(=O)CN(c1ccccc1F)S(=O)(=O)N(C)C. The predicted molar refractivity (Wildman–Crippen MR) is 131 cm³/mol. The van der Waals surface area contributed by atoms with E-state index in [4.69, 9.17) is 0 Å². The highest BCUT2D eigenvalue weighted by Gasteiger charge is 2.33. The summed E-state index contributed by atoms with van der Waals surface area (Å²) in [4.78, 5) is 27.6. The molecule has 2 amide bonds. The lowest BCUT2D eigenvalue weighted by atomic mass is 10.1. The third-order valence-corrected chi connectivity index (χ3v) is 6.99. The third kappa shape index (κ3) is 7.01. The van der Waals surface area contributed by atoms with Gasteiger partial charge in [-0.2, -0.15) is 12.7 Å². The Bertz CT molecular complexity index is 1080. The summed E-state index contributed by atoms with van der Waals surface area (Å²) in [6, 6.07) is 13.5. The topological polar surface area (TPSA) is 90.0 Å². The van der Waals surface area contributed by atoms with E-state index >= 15 is 0 Å². The number of hydrogen-bond donors (Lipinski definition) is 1. The lowest BCUT2D eigenvalue weighted by Crippen LogP contribution is -2.52. The first kappa shape index (κ1) is 27.3. The van der Waals surface area contributed by atoms with Crippen LogP contribution in [0.4, 0.5) is 10.1 Å². The summed E-state index contributed by atoms with van der Waals surface area (Å²) < 4.78 is 42.2. The fourth-order valence-electron chi connectivity index (χ4n) is 3.17. The van der Waals surface area contributed by atoms with Gasteiger partial charge in [-0.05, 0) is 30.5 Å². The van der Waals surface area contributed by atoms with Gasteiger partial charge in [-0.1, -0.05) is 56.3 Å². The van der Waals surface area contributed by atoms with Crippen molar-refractivity contribution < 1.29 is 22.4 Å². The molecular weight excluding hydrogens is 459 g/mol. The van der Waals surface area contributed by atoms with E-state index in [9.17, 15) is 22.4 Å². The predicted octanol–water partition coefficient (Wildman–Crippen LogP) is 2.63. The molecule has 34 heavy (non-hydrogen) atoms. The number of carbonyl (C=O) groups is 2. The van der Waals surface area contributed by atoms with Gasteiger partial charge in [0.15, 0.2) is 0 Å². The highest BCUT2D eigenvalue weighted by molar-refractivity contribution is 7.90. The Morgan fingerprint density at radius 2 is 1.56 bits per heavy atom. The molecule has 0 spiro atoms. The van der Waals surface area contributed by atoms with Crippen LogP contribution in [0.2, 0.25) is 0 Å². The number of halogens is 1. The van der Waals surface area contributed by atoms with Crippen LogP contribution in [0.3, 0.4) is 0 Å². The molecule has 186 valence electrons. The number of rotatable bonds is 11. The molecule has 0 aliphatic rings. The Hall–Kier alpha value is -2.98. The Kier molecular flexibility index (Phi) is 9.57. The van der Waals surface area contributed by atoms with Gasteiger partial charge in [0.2, 0.25) is 11.8 Å². The molecule has 2 aromatic rings. The minimum absolute atomic E-state index is 0.0864. The zero-order chi connectivity index (χ0) is 25.5. The van der Waals surface area contributed by atoms with Crippen molar-refractivity contribution in [2.45, 2.75) is 33.4 Å². The van der Waals surface area contributed by atoms with Crippen molar-refractivity contribution in [3.63, 3.8) is 0 Å². The average molecular weight is 493 g/mol. The van der Waals surface area contributed by atoms with E-state index in [-0.39, 0.29) is 24.1 Å². The fourth-order valence-corrected chi connectivity index (χ4v) is 4.24. The number of anilines is 1. The Morgan fingerprint density at radius 3 is 2.12 bits per heavy atom. The second kappa shape index (κ2) is 11.9. The zero-order valence-corrected chi connectivity index (χ0v) is 21.0. The highest BCUT2D eigenvalue weighted by Crippen LogP contribution is 2.23. The maximum atomic E-state index is 14.6. The van der Waals surface area contributed by atoms with Gasteiger partial charge in [-0.25, -0.2) is 8.70 Å². The first-order valence-corrected chi connectivity index (χ1v) is 12.4. The van der Waals surface area contributed by atoms with Crippen LogP contribution in [0.25, 0.3) is 0 Å². The summed E-state index contributed by atoms with van der Waals surface area (Å²) >= 11 is 0. The first-order valence-electron chi connectivity index (χ1n) is 11.0. The van der Waals surface area contributed by atoms with E-state index in [1.54, 1.807) is 6.92 Å². The molecule has 0 heterocycles. The van der Waals surface area contributed by atoms with Crippen molar-refractivity contribution in [1.82, 2.24) is 14.5 Å². The van der Waals surface area contributed by atoms with Crippen molar-refractivity contribution in [2.24, 2.45) is 5.92 Å². The monoisotopic (exact) mass is 492 g/mol. The maximum absolute atomic E-state index is 14.6. The number of amides is 2. The summed E-state index contributed by atoms with van der Waals surface area (Å²) in [6.07, 6.45) is 0. The zero-order valence-electron chi connectivity index (χ0n) is 20.2. The Balaban J connectivity index is 2.42. The number of para-hydroxylation sites is 1. The Labute approximate surface area is 201 Å². The standard InChI is InChI=1S/C24H33FN4O4S/c1-18(2)15-26-24(31)19(3)28(16-20-11-7-6-8-12-20)23(30)17-29(34(32,33)27(4)5)22-14-10-9-13-21(22)25/h6-14,18-19H,15-17H2,1-5H3,(H,26,31)/t19-/m0/s1. The molecule has 0 bridgehead atoms. The molecule has 2 rings (SSSR count). The molecule has 0 unspecified atom stereocenters. The Morgan fingerprint density at radius 1 is 0.971 bits per heavy atom. The van der Waals surface area contributed by atoms with Crippen LogP contribution in [0.1, 0.15) is 26.3 Å². The largest absolute Gasteiger partial charge is 0.354 e. The smallest absolute Gasteiger partial charge is 0.304 e. The fraction of sp³-hybridized carbons (Fsp3) is 0.417. The van der Waals surface area contributed by atoms with E-state index in [0.29, 0.717) is 6.54 Å². The van der Waals surface area contributed by atoms with Crippen LogP contribution in [0, 0.1) is 11.7 Å². The molecule has 8 nitrogen and oxygen atoms in total.